The van der Waals surface area contributed by atoms with Crippen molar-refractivity contribution in [2.75, 3.05) is 17.2 Å². The molecule has 0 amide bonds. The van der Waals surface area contributed by atoms with Crippen LogP contribution in [-0.2, 0) is 0 Å². The zero-order valence-corrected chi connectivity index (χ0v) is 11.8. The molecule has 2 N–H and O–H groups in total. The molecule has 4 heteroatoms. The maximum absolute atomic E-state index is 13.5. The van der Waals surface area contributed by atoms with E-state index >= 15 is 0 Å². The van der Waals surface area contributed by atoms with Gasteiger partial charge in [-0.05, 0) is 37.3 Å². The van der Waals surface area contributed by atoms with Crippen molar-refractivity contribution in [2.45, 2.75) is 6.92 Å². The molecule has 0 aliphatic heterocycles. The predicted octanol–water partition coefficient (Wildman–Crippen LogP) is 4.11. The Labute approximate surface area is 122 Å². The molecule has 0 saturated heterocycles. The van der Waals surface area contributed by atoms with Gasteiger partial charge < -0.3 is 10.6 Å². The summed E-state index contributed by atoms with van der Waals surface area (Å²) in [6.07, 6.45) is 1.73. The second kappa shape index (κ2) is 5.40. The largest absolute Gasteiger partial charge is 0.397 e. The van der Waals surface area contributed by atoms with Crippen LogP contribution < -0.4 is 10.6 Å². The molecule has 0 aliphatic rings. The summed E-state index contributed by atoms with van der Waals surface area (Å²) < 4.78 is 13.5. The number of para-hydroxylation sites is 1. The van der Waals surface area contributed by atoms with E-state index in [4.69, 9.17) is 5.73 Å². The van der Waals surface area contributed by atoms with Crippen LogP contribution in [0, 0.1) is 5.82 Å². The smallest absolute Gasteiger partial charge is 0.125 e. The van der Waals surface area contributed by atoms with Crippen LogP contribution in [0.25, 0.3) is 10.9 Å². The number of fused-ring (bicyclic) bond motifs is 1. The number of hydrogen-bond acceptors (Lipinski definition) is 3. The quantitative estimate of drug-likeness (QED) is 0.734. The van der Waals surface area contributed by atoms with Gasteiger partial charge in [0.15, 0.2) is 0 Å². The minimum atomic E-state index is -0.246. The van der Waals surface area contributed by atoms with Gasteiger partial charge in [-0.25, -0.2) is 4.39 Å². The van der Waals surface area contributed by atoms with Crippen LogP contribution in [0.2, 0.25) is 0 Å². The monoisotopic (exact) mass is 281 g/mol. The number of nitrogens with zero attached hydrogens (tertiary/aromatic N) is 2. The molecule has 3 rings (SSSR count). The van der Waals surface area contributed by atoms with E-state index in [1.54, 1.807) is 12.3 Å². The Balaban J connectivity index is 2.20. The Morgan fingerprint density at radius 3 is 2.71 bits per heavy atom. The number of nitrogen functional groups attached to an aromatic ring is 1. The van der Waals surface area contributed by atoms with Gasteiger partial charge >= 0.3 is 0 Å². The molecule has 0 bridgehead atoms. The molecule has 0 aliphatic carbocycles. The lowest BCUT2D eigenvalue weighted by Crippen LogP contribution is -2.16. The van der Waals surface area contributed by atoms with Gasteiger partial charge in [0.2, 0.25) is 0 Å². The Kier molecular flexibility index (Phi) is 3.44. The highest BCUT2D eigenvalue weighted by atomic mass is 19.1. The summed E-state index contributed by atoms with van der Waals surface area (Å²) in [7, 11) is 0. The molecular formula is C17H16FN3. The zero-order chi connectivity index (χ0) is 14.8. The van der Waals surface area contributed by atoms with E-state index in [-0.39, 0.29) is 5.82 Å². The Morgan fingerprint density at radius 2 is 1.95 bits per heavy atom. The Bertz CT molecular complexity index is 786. The van der Waals surface area contributed by atoms with Crippen molar-refractivity contribution < 1.29 is 4.39 Å². The van der Waals surface area contributed by atoms with Gasteiger partial charge in [-0.3, -0.25) is 4.98 Å². The predicted molar refractivity (Wildman–Crippen MR) is 85.2 cm³/mol. The van der Waals surface area contributed by atoms with Gasteiger partial charge in [0.05, 0.1) is 16.9 Å². The molecule has 21 heavy (non-hydrogen) atoms. The third kappa shape index (κ3) is 2.40. The standard InChI is InChI=1S/C17H16FN3/c1-2-21(13-6-3-5-12(18)11-13)16-9-10-20-17-14(16)7-4-8-15(17)19/h3-11H,2,19H2,1H3. The lowest BCUT2D eigenvalue weighted by atomic mass is 10.1. The van der Waals surface area contributed by atoms with Crippen molar-refractivity contribution in [3.63, 3.8) is 0 Å². The molecule has 3 aromatic rings. The molecule has 0 saturated carbocycles. The third-order valence-corrected chi connectivity index (χ3v) is 3.51. The molecule has 0 atom stereocenters. The van der Waals surface area contributed by atoms with Gasteiger partial charge in [-0.2, -0.15) is 0 Å². The van der Waals surface area contributed by atoms with Crippen molar-refractivity contribution in [3.8, 4) is 0 Å². The van der Waals surface area contributed by atoms with E-state index in [2.05, 4.69) is 4.98 Å². The maximum atomic E-state index is 13.5. The number of anilines is 3. The van der Waals surface area contributed by atoms with Crippen molar-refractivity contribution in [1.82, 2.24) is 4.98 Å². The Hall–Kier alpha value is -2.62. The van der Waals surface area contributed by atoms with E-state index in [0.29, 0.717) is 5.69 Å². The number of rotatable bonds is 3. The first kappa shape index (κ1) is 13.4. The third-order valence-electron chi connectivity index (χ3n) is 3.51. The summed E-state index contributed by atoms with van der Waals surface area (Å²) in [5.74, 6) is -0.246. The highest BCUT2D eigenvalue weighted by molar-refractivity contribution is 5.99. The summed E-state index contributed by atoms with van der Waals surface area (Å²) in [5.41, 5.74) is 9.19. The molecule has 0 spiro atoms. The molecule has 106 valence electrons. The second-order valence-corrected chi connectivity index (χ2v) is 4.80. The zero-order valence-electron chi connectivity index (χ0n) is 11.8. The van der Waals surface area contributed by atoms with Crippen LogP contribution in [0.3, 0.4) is 0 Å². The summed E-state index contributed by atoms with van der Waals surface area (Å²) in [5, 5.41) is 0.962. The van der Waals surface area contributed by atoms with Crippen molar-refractivity contribution in [3.05, 3.63) is 60.5 Å². The normalized spacial score (nSPS) is 10.8. The molecule has 1 heterocycles. The summed E-state index contributed by atoms with van der Waals surface area (Å²) in [4.78, 5) is 6.39. The van der Waals surface area contributed by atoms with Crippen molar-refractivity contribution in [1.29, 1.82) is 0 Å². The van der Waals surface area contributed by atoms with Crippen LogP contribution in [0.5, 0.6) is 0 Å². The fraction of sp³-hybridized carbons (Fsp3) is 0.118. The van der Waals surface area contributed by atoms with Crippen LogP contribution in [0.15, 0.2) is 54.7 Å². The van der Waals surface area contributed by atoms with Gasteiger partial charge in [0.1, 0.15) is 5.82 Å². The average Bonchev–Trinajstić information content (AvgIpc) is 2.49. The molecule has 3 nitrogen and oxygen atoms in total. The van der Waals surface area contributed by atoms with Crippen molar-refractivity contribution in [2.24, 2.45) is 0 Å². The first-order valence-corrected chi connectivity index (χ1v) is 6.87. The van der Waals surface area contributed by atoms with Gasteiger partial charge in [-0.1, -0.05) is 18.2 Å². The molecule has 0 unspecified atom stereocenters. The summed E-state index contributed by atoms with van der Waals surface area (Å²) >= 11 is 0. The van der Waals surface area contributed by atoms with E-state index in [1.807, 2.05) is 42.2 Å². The fourth-order valence-corrected chi connectivity index (χ4v) is 2.56. The highest BCUT2D eigenvalue weighted by Gasteiger charge is 2.12. The van der Waals surface area contributed by atoms with Gasteiger partial charge in [-0.15, -0.1) is 0 Å². The van der Waals surface area contributed by atoms with Crippen LogP contribution >= 0.6 is 0 Å². The first-order valence-electron chi connectivity index (χ1n) is 6.87. The van der Waals surface area contributed by atoms with E-state index < -0.39 is 0 Å². The topological polar surface area (TPSA) is 42.2 Å². The SMILES string of the molecule is CCN(c1cccc(F)c1)c1ccnc2c(N)cccc12. The molecule has 0 radical (unpaired) electrons. The van der Waals surface area contributed by atoms with Crippen LogP contribution in [-0.4, -0.2) is 11.5 Å². The molecule has 0 fully saturated rings. The number of hydrogen-bond donors (Lipinski definition) is 1. The fourth-order valence-electron chi connectivity index (χ4n) is 2.56. The molecular weight excluding hydrogens is 265 g/mol. The number of benzene rings is 2. The van der Waals surface area contributed by atoms with E-state index in [1.165, 1.54) is 12.1 Å². The van der Waals surface area contributed by atoms with Crippen LogP contribution in [0.1, 0.15) is 6.92 Å². The highest BCUT2D eigenvalue weighted by Crippen LogP contribution is 2.33. The number of pyridine rings is 1. The lowest BCUT2D eigenvalue weighted by Gasteiger charge is -2.24. The number of nitrogens with two attached hydrogens (primary N) is 1. The van der Waals surface area contributed by atoms with E-state index in [9.17, 15) is 4.39 Å². The summed E-state index contributed by atoms with van der Waals surface area (Å²) in [6, 6.07) is 14.2. The second-order valence-electron chi connectivity index (χ2n) is 4.80. The lowest BCUT2D eigenvalue weighted by molar-refractivity contribution is 0.627. The first-order chi connectivity index (χ1) is 10.2. The van der Waals surface area contributed by atoms with Gasteiger partial charge in [0.25, 0.3) is 0 Å². The molecule has 1 aromatic heterocycles. The molecule has 2 aromatic carbocycles. The minimum absolute atomic E-state index is 0.246. The minimum Gasteiger partial charge on any atom is -0.397 e. The number of aromatic nitrogens is 1. The van der Waals surface area contributed by atoms with Crippen molar-refractivity contribution >= 4 is 28.0 Å². The average molecular weight is 281 g/mol. The van der Waals surface area contributed by atoms with E-state index in [0.717, 1.165) is 28.8 Å². The number of halogens is 1. The maximum Gasteiger partial charge on any atom is 0.125 e. The van der Waals surface area contributed by atoms with Gasteiger partial charge in [0, 0.05) is 23.8 Å². The Morgan fingerprint density at radius 1 is 1.14 bits per heavy atom. The summed E-state index contributed by atoms with van der Waals surface area (Å²) in [6.45, 7) is 2.75. The van der Waals surface area contributed by atoms with Crippen LogP contribution in [0.4, 0.5) is 21.5 Å².